The minimum atomic E-state index is 0.557. The average molecular weight is 379 g/mol. The fourth-order valence-corrected chi connectivity index (χ4v) is 3.61. The van der Waals surface area contributed by atoms with E-state index in [2.05, 4.69) is 50.0 Å². The molecular weight excluding hydrogens is 358 g/mol. The predicted molar refractivity (Wildman–Crippen MR) is 110 cm³/mol. The van der Waals surface area contributed by atoms with Crippen LogP contribution in [0.5, 0.6) is 0 Å². The molecule has 0 unspecified atom stereocenters. The molecule has 0 aliphatic rings. The molecule has 27 heavy (non-hydrogen) atoms. The first-order valence-electron chi connectivity index (χ1n) is 8.81. The summed E-state index contributed by atoms with van der Waals surface area (Å²) in [7, 11) is 1.76. The summed E-state index contributed by atoms with van der Waals surface area (Å²) >= 11 is 1.61. The number of H-pyrrole nitrogens is 1. The Morgan fingerprint density at radius 2 is 2.15 bits per heavy atom. The lowest BCUT2D eigenvalue weighted by Crippen LogP contribution is -2.37. The average Bonchev–Trinajstić information content (AvgIpc) is 3.45. The highest BCUT2D eigenvalue weighted by molar-refractivity contribution is 7.13. The van der Waals surface area contributed by atoms with Gasteiger partial charge in [0.15, 0.2) is 5.96 Å². The molecule has 0 saturated carbocycles. The maximum Gasteiger partial charge on any atom is 0.236 e. The first-order valence-corrected chi connectivity index (χ1v) is 9.69. The van der Waals surface area contributed by atoms with Crippen molar-refractivity contribution in [1.29, 1.82) is 0 Å². The molecule has 6 nitrogen and oxygen atoms in total. The van der Waals surface area contributed by atoms with Crippen molar-refractivity contribution in [1.82, 2.24) is 20.6 Å². The maximum absolute atomic E-state index is 5.54. The van der Waals surface area contributed by atoms with Gasteiger partial charge in [0.1, 0.15) is 6.26 Å². The molecule has 0 fully saturated rings. The van der Waals surface area contributed by atoms with Gasteiger partial charge in [-0.15, -0.1) is 11.3 Å². The van der Waals surface area contributed by atoms with Gasteiger partial charge in [0.05, 0.1) is 17.1 Å². The van der Waals surface area contributed by atoms with Crippen LogP contribution >= 0.6 is 11.3 Å². The van der Waals surface area contributed by atoms with Crippen LogP contribution in [0.1, 0.15) is 11.3 Å². The standard InChI is InChI=1S/C20H21N5OS/c1-21-20(22-9-8-14-11-23-17-6-3-2-5-16(14)17)24-12-15-13-26-19(25-15)18-7-4-10-27-18/h2-7,10-11,13,23H,8-9,12H2,1H3,(H2,21,22,24). The van der Waals surface area contributed by atoms with Gasteiger partial charge in [-0.25, -0.2) is 4.98 Å². The second kappa shape index (κ2) is 8.09. The lowest BCUT2D eigenvalue weighted by molar-refractivity contribution is 0.573. The van der Waals surface area contributed by atoms with Crippen molar-refractivity contribution in [3.63, 3.8) is 0 Å². The molecule has 0 aliphatic heterocycles. The molecule has 3 heterocycles. The third-order valence-corrected chi connectivity index (χ3v) is 5.16. The summed E-state index contributed by atoms with van der Waals surface area (Å²) in [6.07, 6.45) is 4.67. The first kappa shape index (κ1) is 17.4. The number of hydrogen-bond acceptors (Lipinski definition) is 4. The van der Waals surface area contributed by atoms with E-state index in [0.29, 0.717) is 12.4 Å². The quantitative estimate of drug-likeness (QED) is 0.352. The molecule has 0 amide bonds. The second-order valence-electron chi connectivity index (χ2n) is 6.08. The van der Waals surface area contributed by atoms with Crippen molar-refractivity contribution < 1.29 is 4.42 Å². The van der Waals surface area contributed by atoms with Gasteiger partial charge in [-0.2, -0.15) is 0 Å². The van der Waals surface area contributed by atoms with Gasteiger partial charge in [-0.1, -0.05) is 24.3 Å². The van der Waals surface area contributed by atoms with Crippen molar-refractivity contribution in [2.24, 2.45) is 4.99 Å². The smallest absolute Gasteiger partial charge is 0.236 e. The number of nitrogens with one attached hydrogen (secondary N) is 3. The normalized spacial score (nSPS) is 11.8. The molecule has 0 spiro atoms. The van der Waals surface area contributed by atoms with E-state index in [0.717, 1.165) is 29.5 Å². The molecule has 4 rings (SSSR count). The zero-order valence-electron chi connectivity index (χ0n) is 15.0. The Balaban J connectivity index is 1.28. The Kier molecular flexibility index (Phi) is 5.20. The lowest BCUT2D eigenvalue weighted by Gasteiger charge is -2.10. The summed E-state index contributed by atoms with van der Waals surface area (Å²) in [6, 6.07) is 12.3. The third kappa shape index (κ3) is 4.03. The first-order chi connectivity index (χ1) is 13.3. The number of para-hydroxylation sites is 1. The monoisotopic (exact) mass is 379 g/mol. The number of aliphatic imine (C=N–C) groups is 1. The molecule has 1 aromatic carbocycles. The molecular formula is C20H21N5OS. The number of aromatic amines is 1. The summed E-state index contributed by atoms with van der Waals surface area (Å²) < 4.78 is 5.54. The number of rotatable bonds is 6. The van der Waals surface area contributed by atoms with Gasteiger partial charge in [-0.05, 0) is 29.5 Å². The fourth-order valence-electron chi connectivity index (χ4n) is 2.95. The van der Waals surface area contributed by atoms with E-state index < -0.39 is 0 Å². The molecule has 7 heteroatoms. The summed E-state index contributed by atoms with van der Waals surface area (Å²) in [4.78, 5) is 13.1. The lowest BCUT2D eigenvalue weighted by atomic mass is 10.1. The van der Waals surface area contributed by atoms with Gasteiger partial charge >= 0.3 is 0 Å². The van der Waals surface area contributed by atoms with E-state index in [1.165, 1.54) is 16.5 Å². The van der Waals surface area contributed by atoms with Crippen molar-refractivity contribution in [2.75, 3.05) is 13.6 Å². The van der Waals surface area contributed by atoms with Crippen LogP contribution in [0.15, 0.2) is 63.6 Å². The largest absolute Gasteiger partial charge is 0.443 e. The molecule has 138 valence electrons. The van der Waals surface area contributed by atoms with E-state index in [1.54, 1.807) is 24.6 Å². The molecule has 3 aromatic heterocycles. The number of oxazole rings is 1. The van der Waals surface area contributed by atoms with Gasteiger partial charge in [0, 0.05) is 30.7 Å². The Morgan fingerprint density at radius 1 is 1.22 bits per heavy atom. The van der Waals surface area contributed by atoms with Crippen LogP contribution in [-0.4, -0.2) is 29.5 Å². The molecule has 0 aliphatic carbocycles. The molecule has 3 N–H and O–H groups in total. The highest BCUT2D eigenvalue weighted by Crippen LogP contribution is 2.23. The number of benzene rings is 1. The molecule has 4 aromatic rings. The number of fused-ring (bicyclic) bond motifs is 1. The summed E-state index contributed by atoms with van der Waals surface area (Å²) in [5.41, 5.74) is 3.31. The molecule has 0 radical (unpaired) electrons. The van der Waals surface area contributed by atoms with Gasteiger partial charge in [0.25, 0.3) is 0 Å². The summed E-state index contributed by atoms with van der Waals surface area (Å²) in [6.45, 7) is 1.35. The Morgan fingerprint density at radius 3 is 3.00 bits per heavy atom. The van der Waals surface area contributed by atoms with E-state index in [4.69, 9.17) is 4.42 Å². The van der Waals surface area contributed by atoms with Crippen LogP contribution in [0.3, 0.4) is 0 Å². The van der Waals surface area contributed by atoms with Crippen LogP contribution < -0.4 is 10.6 Å². The van der Waals surface area contributed by atoms with E-state index in [-0.39, 0.29) is 0 Å². The Labute approximate surface area is 161 Å². The predicted octanol–water partition coefficient (Wildman–Crippen LogP) is 3.79. The van der Waals surface area contributed by atoms with Gasteiger partial charge < -0.3 is 20.0 Å². The Hall–Kier alpha value is -3.06. The Bertz CT molecular complexity index is 1030. The van der Waals surface area contributed by atoms with E-state index in [9.17, 15) is 0 Å². The second-order valence-corrected chi connectivity index (χ2v) is 7.03. The van der Waals surface area contributed by atoms with Gasteiger partial charge in [0.2, 0.25) is 5.89 Å². The fraction of sp³-hybridized carbons (Fsp3) is 0.200. The topological polar surface area (TPSA) is 78.2 Å². The van der Waals surface area contributed by atoms with E-state index in [1.807, 2.05) is 23.6 Å². The number of guanidine groups is 1. The van der Waals surface area contributed by atoms with Crippen molar-refractivity contribution in [3.8, 4) is 10.8 Å². The van der Waals surface area contributed by atoms with E-state index >= 15 is 0 Å². The minimum absolute atomic E-state index is 0.557. The number of nitrogens with zero attached hydrogens (tertiary/aromatic N) is 2. The minimum Gasteiger partial charge on any atom is -0.443 e. The zero-order valence-corrected chi connectivity index (χ0v) is 15.8. The van der Waals surface area contributed by atoms with Crippen LogP contribution in [0.2, 0.25) is 0 Å². The maximum atomic E-state index is 5.54. The van der Waals surface area contributed by atoms with Crippen LogP contribution in [-0.2, 0) is 13.0 Å². The highest BCUT2D eigenvalue weighted by Gasteiger charge is 2.08. The highest BCUT2D eigenvalue weighted by atomic mass is 32.1. The van der Waals surface area contributed by atoms with Crippen LogP contribution in [0.4, 0.5) is 0 Å². The number of thiophene rings is 1. The molecule has 0 atom stereocenters. The van der Waals surface area contributed by atoms with Crippen LogP contribution in [0, 0.1) is 0 Å². The molecule has 0 saturated heterocycles. The van der Waals surface area contributed by atoms with Crippen molar-refractivity contribution >= 4 is 28.2 Å². The van der Waals surface area contributed by atoms with Crippen molar-refractivity contribution in [3.05, 3.63) is 65.5 Å². The SMILES string of the molecule is CN=C(NCCc1c[nH]c2ccccc12)NCc1coc(-c2cccs2)n1. The van der Waals surface area contributed by atoms with Crippen LogP contribution in [0.25, 0.3) is 21.7 Å². The number of aromatic nitrogens is 2. The summed E-state index contributed by atoms with van der Waals surface area (Å²) in [5, 5.41) is 9.90. The van der Waals surface area contributed by atoms with Gasteiger partial charge in [-0.3, -0.25) is 4.99 Å². The molecule has 0 bridgehead atoms. The number of hydrogen-bond donors (Lipinski definition) is 3. The summed E-state index contributed by atoms with van der Waals surface area (Å²) in [5.74, 6) is 1.40. The van der Waals surface area contributed by atoms with Crippen molar-refractivity contribution in [2.45, 2.75) is 13.0 Å². The third-order valence-electron chi connectivity index (χ3n) is 4.31. The zero-order chi connectivity index (χ0) is 18.5.